The number of carbonyl (C=O) groups is 2. The number of halogens is 5. The van der Waals surface area contributed by atoms with Crippen molar-refractivity contribution in [2.45, 2.75) is 38.1 Å². The van der Waals surface area contributed by atoms with Crippen molar-refractivity contribution in [2.75, 3.05) is 13.2 Å². The van der Waals surface area contributed by atoms with Gasteiger partial charge in [-0.2, -0.15) is 13.2 Å². The number of benzene rings is 2. The van der Waals surface area contributed by atoms with E-state index < -0.39 is 30.1 Å². The van der Waals surface area contributed by atoms with Crippen LogP contribution in [0.1, 0.15) is 40.4 Å². The average molecular weight is 530 g/mol. The van der Waals surface area contributed by atoms with Gasteiger partial charge in [0.15, 0.2) is 0 Å². The maximum atomic E-state index is 14.2. The number of rotatable bonds is 5. The van der Waals surface area contributed by atoms with Gasteiger partial charge in [-0.25, -0.2) is 5.06 Å². The Morgan fingerprint density at radius 3 is 2.49 bits per heavy atom. The fraction of sp³-hybridized carbons (Fsp3) is 0.348. The molecule has 2 aliphatic heterocycles. The van der Waals surface area contributed by atoms with Crippen molar-refractivity contribution in [1.29, 1.82) is 0 Å². The summed E-state index contributed by atoms with van der Waals surface area (Å²) in [6.45, 7) is 3.75. The third kappa shape index (κ3) is 4.70. The van der Waals surface area contributed by atoms with E-state index in [0.717, 1.165) is 12.1 Å². The van der Waals surface area contributed by atoms with E-state index >= 15 is 0 Å². The third-order valence-corrected chi connectivity index (χ3v) is 6.29. The Morgan fingerprint density at radius 1 is 1.23 bits per heavy atom. The molecule has 2 aromatic carbocycles. The van der Waals surface area contributed by atoms with Crippen LogP contribution < -0.4 is 5.32 Å². The Kier molecular flexibility index (Phi) is 6.74. The van der Waals surface area contributed by atoms with Crippen molar-refractivity contribution in [3.05, 3.63) is 68.7 Å². The van der Waals surface area contributed by atoms with Crippen LogP contribution in [0.5, 0.6) is 0 Å². The van der Waals surface area contributed by atoms with Gasteiger partial charge in [-0.05, 0) is 55.3 Å². The first-order chi connectivity index (χ1) is 16.4. The normalized spacial score (nSPS) is 22.3. The molecule has 0 unspecified atom stereocenters. The molecule has 0 aliphatic carbocycles. The zero-order valence-electron chi connectivity index (χ0n) is 18.6. The minimum Gasteiger partial charge on any atom is -0.374 e. The molecule has 4 rings (SSSR count). The molecule has 1 fully saturated rings. The van der Waals surface area contributed by atoms with Gasteiger partial charge in [0.2, 0.25) is 0 Å². The molecule has 0 aromatic heterocycles. The van der Waals surface area contributed by atoms with Gasteiger partial charge in [-0.3, -0.25) is 14.4 Å². The average Bonchev–Trinajstić information content (AvgIpc) is 3.38. The Labute approximate surface area is 208 Å². The number of hydrogen-bond acceptors (Lipinski definition) is 5. The van der Waals surface area contributed by atoms with Crippen molar-refractivity contribution < 1.29 is 32.4 Å². The van der Waals surface area contributed by atoms with Crippen LogP contribution in [0.3, 0.4) is 0 Å². The summed E-state index contributed by atoms with van der Waals surface area (Å²) in [5, 5.41) is 7.59. The molecule has 2 amide bonds. The molecular weight excluding hydrogens is 510 g/mol. The van der Waals surface area contributed by atoms with Crippen molar-refractivity contribution >= 4 is 40.7 Å². The van der Waals surface area contributed by atoms with E-state index in [1.54, 1.807) is 19.9 Å². The van der Waals surface area contributed by atoms with Gasteiger partial charge >= 0.3 is 6.18 Å². The molecular formula is C23H20Cl2F3N3O4. The number of nitrogens with zero attached hydrogens (tertiary/aromatic N) is 2. The summed E-state index contributed by atoms with van der Waals surface area (Å²) < 4.78 is 42.6. The van der Waals surface area contributed by atoms with Gasteiger partial charge in [0.25, 0.3) is 17.4 Å². The minimum absolute atomic E-state index is 0.0245. The second-order valence-electron chi connectivity index (χ2n) is 8.17. The van der Waals surface area contributed by atoms with Crippen molar-refractivity contribution in [2.24, 2.45) is 5.16 Å². The van der Waals surface area contributed by atoms with Crippen LogP contribution in [-0.4, -0.2) is 48.0 Å². The Morgan fingerprint density at radius 2 is 1.91 bits per heavy atom. The van der Waals surface area contributed by atoms with E-state index in [1.807, 2.05) is 0 Å². The molecule has 0 saturated carbocycles. The molecule has 0 radical (unpaired) electrons. The van der Waals surface area contributed by atoms with E-state index in [-0.39, 0.29) is 39.4 Å². The number of aryl methyl sites for hydroxylation is 1. The molecule has 2 aromatic rings. The van der Waals surface area contributed by atoms with Crippen molar-refractivity contribution in [3.8, 4) is 0 Å². The molecule has 2 aliphatic rings. The fourth-order valence-corrected chi connectivity index (χ4v) is 4.53. The fourth-order valence-electron chi connectivity index (χ4n) is 4.00. The summed E-state index contributed by atoms with van der Waals surface area (Å²) in [4.78, 5) is 35.1. The van der Waals surface area contributed by atoms with E-state index in [4.69, 9.17) is 32.9 Å². The quantitative estimate of drug-likeness (QED) is 0.604. The van der Waals surface area contributed by atoms with Crippen molar-refractivity contribution in [1.82, 2.24) is 10.4 Å². The highest BCUT2D eigenvalue weighted by molar-refractivity contribution is 6.34. The summed E-state index contributed by atoms with van der Waals surface area (Å²) in [5.74, 6) is -0.853. The summed E-state index contributed by atoms with van der Waals surface area (Å²) in [6, 6.07) is 7.28. The van der Waals surface area contributed by atoms with Crippen LogP contribution in [0, 0.1) is 6.92 Å². The second-order valence-corrected chi connectivity index (χ2v) is 9.05. The molecule has 2 heterocycles. The molecule has 7 nitrogen and oxygen atoms in total. The van der Waals surface area contributed by atoms with E-state index in [1.165, 1.54) is 23.3 Å². The maximum Gasteiger partial charge on any atom is 0.435 e. The predicted octanol–water partition coefficient (Wildman–Crippen LogP) is 4.78. The van der Waals surface area contributed by atoms with Crippen LogP contribution in [0.25, 0.3) is 0 Å². The zero-order chi connectivity index (χ0) is 25.5. The molecule has 35 heavy (non-hydrogen) atoms. The Balaban J connectivity index is 1.56. The monoisotopic (exact) mass is 529 g/mol. The first-order valence-electron chi connectivity index (χ1n) is 10.6. The van der Waals surface area contributed by atoms with Gasteiger partial charge in [0.05, 0.1) is 5.71 Å². The number of hydrogen-bond donors (Lipinski definition) is 1. The summed E-state index contributed by atoms with van der Waals surface area (Å²) in [7, 11) is 0. The minimum atomic E-state index is -4.82. The van der Waals surface area contributed by atoms with Crippen molar-refractivity contribution in [3.63, 3.8) is 0 Å². The maximum absolute atomic E-state index is 14.2. The van der Waals surface area contributed by atoms with E-state index in [2.05, 4.69) is 10.5 Å². The van der Waals surface area contributed by atoms with Gasteiger partial charge in [-0.1, -0.05) is 34.4 Å². The predicted molar refractivity (Wildman–Crippen MR) is 122 cm³/mol. The van der Waals surface area contributed by atoms with Gasteiger partial charge < -0.3 is 10.2 Å². The lowest BCUT2D eigenvalue weighted by Gasteiger charge is -2.29. The zero-order valence-corrected chi connectivity index (χ0v) is 20.1. The SMILES string of the molecule is CCN1OC[C@H](NC(=O)c2ccc(C3=NO[C@](c4cc(Cl)cc(Cl)c4)(C(F)(F)F)C3)cc2C)C1=O. The highest BCUT2D eigenvalue weighted by Gasteiger charge is 2.62. The summed E-state index contributed by atoms with van der Waals surface area (Å²) in [6.07, 6.45) is -5.43. The lowest BCUT2D eigenvalue weighted by atomic mass is 9.86. The molecule has 0 spiro atoms. The number of nitrogens with one attached hydrogen (secondary N) is 1. The lowest BCUT2D eigenvalue weighted by molar-refractivity contribution is -0.275. The topological polar surface area (TPSA) is 80.2 Å². The largest absolute Gasteiger partial charge is 0.435 e. The van der Waals surface area contributed by atoms with Crippen LogP contribution in [-0.2, 0) is 20.1 Å². The number of alkyl halides is 3. The lowest BCUT2D eigenvalue weighted by Crippen LogP contribution is -2.43. The van der Waals surface area contributed by atoms with Crippen LogP contribution >= 0.6 is 23.2 Å². The summed E-state index contributed by atoms with van der Waals surface area (Å²) in [5.41, 5.74) is -1.87. The number of amides is 2. The van der Waals surface area contributed by atoms with Gasteiger partial charge in [0.1, 0.15) is 12.6 Å². The Hall–Kier alpha value is -2.82. The van der Waals surface area contributed by atoms with Crippen LogP contribution in [0.2, 0.25) is 10.0 Å². The first-order valence-corrected chi connectivity index (χ1v) is 11.4. The van der Waals surface area contributed by atoms with E-state index in [0.29, 0.717) is 17.7 Å². The smallest absolute Gasteiger partial charge is 0.374 e. The van der Waals surface area contributed by atoms with Gasteiger partial charge in [0, 0.05) is 34.1 Å². The van der Waals surface area contributed by atoms with E-state index in [9.17, 15) is 22.8 Å². The molecule has 12 heteroatoms. The number of carbonyl (C=O) groups excluding carboxylic acids is 2. The number of hydroxylamine groups is 2. The first kappa shape index (κ1) is 25.3. The molecule has 1 N–H and O–H groups in total. The van der Waals surface area contributed by atoms with Gasteiger partial charge in [-0.15, -0.1) is 0 Å². The number of likely N-dealkylation sites (N-methyl/N-ethyl adjacent to an activating group) is 1. The highest BCUT2D eigenvalue weighted by Crippen LogP contribution is 2.49. The molecule has 186 valence electrons. The highest BCUT2D eigenvalue weighted by atomic mass is 35.5. The molecule has 2 atom stereocenters. The molecule has 0 bridgehead atoms. The third-order valence-electron chi connectivity index (χ3n) is 5.85. The summed E-state index contributed by atoms with van der Waals surface area (Å²) >= 11 is 11.9. The Bertz CT molecular complexity index is 1200. The van der Waals surface area contributed by atoms with Crippen LogP contribution in [0.4, 0.5) is 13.2 Å². The number of oxime groups is 1. The molecule has 1 saturated heterocycles. The standard InChI is InChI=1S/C23H20Cl2F3N3O4/c1-3-31-21(33)19(11-34-31)29-20(32)17-5-4-13(6-12(17)2)18-10-22(35-30-18,23(26,27)28)14-7-15(24)9-16(25)8-14/h4-9,19H,3,10-11H2,1-2H3,(H,29,32)/t19-,22+/m0/s1. The second kappa shape index (κ2) is 9.33. The van der Waals surface area contributed by atoms with Crippen LogP contribution in [0.15, 0.2) is 41.6 Å².